The van der Waals surface area contributed by atoms with Gasteiger partial charge in [-0.25, -0.2) is 14.0 Å². The van der Waals surface area contributed by atoms with Gasteiger partial charge in [-0.05, 0) is 57.7 Å². The lowest BCUT2D eigenvalue weighted by molar-refractivity contribution is 0.242. The Labute approximate surface area is 190 Å². The zero-order valence-corrected chi connectivity index (χ0v) is 20.5. The van der Waals surface area contributed by atoms with Crippen molar-refractivity contribution in [3.05, 3.63) is 57.9 Å². The topological polar surface area (TPSA) is 61.4 Å². The quantitative estimate of drug-likeness (QED) is 0.346. The van der Waals surface area contributed by atoms with Gasteiger partial charge >= 0.3 is 5.69 Å². The van der Waals surface area contributed by atoms with E-state index >= 15 is 0 Å². The summed E-state index contributed by atoms with van der Waals surface area (Å²) >= 11 is 6.39. The molecule has 0 saturated carbocycles. The molecular formula is C24H35ClN4O2. The number of aliphatic imine (C=N–C) groups is 1. The Kier molecular flexibility index (Phi) is 11.0. The molecule has 0 spiro atoms. The first kappa shape index (κ1) is 26.4. The molecule has 0 radical (unpaired) electrons. The fourth-order valence-electron chi connectivity index (χ4n) is 2.83. The van der Waals surface area contributed by atoms with Crippen LogP contribution in [0, 0.1) is 5.92 Å². The van der Waals surface area contributed by atoms with Crippen molar-refractivity contribution in [2.24, 2.45) is 10.9 Å². The molecule has 7 heteroatoms. The Morgan fingerprint density at radius 1 is 1.26 bits per heavy atom. The third-order valence-corrected chi connectivity index (χ3v) is 4.78. The third-order valence-electron chi connectivity index (χ3n) is 4.48. The Morgan fingerprint density at radius 2 is 1.87 bits per heavy atom. The number of nitrogens with zero attached hydrogens (tertiary/aromatic N) is 4. The van der Waals surface area contributed by atoms with Crippen molar-refractivity contribution < 1.29 is 4.74 Å². The predicted molar refractivity (Wildman–Crippen MR) is 132 cm³/mol. The largest absolute Gasteiger partial charge is 0.491 e. The number of hydrogen-bond donors (Lipinski definition) is 0. The summed E-state index contributed by atoms with van der Waals surface area (Å²) in [4.78, 5) is 17.0. The van der Waals surface area contributed by atoms with Gasteiger partial charge in [-0.15, -0.1) is 5.10 Å². The van der Waals surface area contributed by atoms with Crippen molar-refractivity contribution in [1.82, 2.24) is 14.3 Å². The lowest BCUT2D eigenvalue weighted by Gasteiger charge is -2.11. The summed E-state index contributed by atoms with van der Waals surface area (Å²) in [5, 5.41) is 4.96. The van der Waals surface area contributed by atoms with E-state index in [1.165, 1.54) is 10.9 Å². The molecule has 0 amide bonds. The molecule has 1 atom stereocenters. The van der Waals surface area contributed by atoms with Gasteiger partial charge in [0.25, 0.3) is 0 Å². The van der Waals surface area contributed by atoms with Crippen LogP contribution in [0.15, 0.2) is 51.4 Å². The molecule has 1 unspecified atom stereocenters. The van der Waals surface area contributed by atoms with E-state index in [0.717, 1.165) is 12.2 Å². The first-order valence-corrected chi connectivity index (χ1v) is 11.2. The average molecular weight is 447 g/mol. The van der Waals surface area contributed by atoms with E-state index in [4.69, 9.17) is 16.3 Å². The molecule has 0 N–H and O–H groups in total. The van der Waals surface area contributed by atoms with Gasteiger partial charge in [0.05, 0.1) is 16.8 Å². The molecule has 1 aromatic carbocycles. The third kappa shape index (κ3) is 6.96. The van der Waals surface area contributed by atoms with Crippen molar-refractivity contribution >= 4 is 23.9 Å². The van der Waals surface area contributed by atoms with Gasteiger partial charge in [-0.3, -0.25) is 4.99 Å². The summed E-state index contributed by atoms with van der Waals surface area (Å²) in [6.07, 6.45) is 4.28. The molecule has 0 saturated heterocycles. The van der Waals surface area contributed by atoms with E-state index in [2.05, 4.69) is 30.7 Å². The standard InChI is InChI=1S/C22H29ClN4O2.C2H6/c1-7-16(5)14-26-22(28)27(17-9-11-18(12-10-17)29-15(3)4)21(25-26)19(8-2)20(23)13-24-6;1-2/h8-13,15-16H,6-7,14H2,1-5H3;1-2H3/b19-8+,20-13+;. The molecule has 0 aliphatic rings. The number of benzene rings is 1. The SMILES string of the molecule is C=N/C=C(Cl)\C(=C/C)c1nn(CC(C)CC)c(=O)n1-c1ccc(OC(C)C)cc1.CC. The van der Waals surface area contributed by atoms with Gasteiger partial charge in [-0.1, -0.05) is 51.8 Å². The highest BCUT2D eigenvalue weighted by molar-refractivity contribution is 6.36. The highest BCUT2D eigenvalue weighted by Gasteiger charge is 2.21. The second-order valence-electron chi connectivity index (χ2n) is 7.16. The van der Waals surface area contributed by atoms with Crippen LogP contribution in [0.3, 0.4) is 0 Å². The van der Waals surface area contributed by atoms with Crippen molar-refractivity contribution in [1.29, 1.82) is 0 Å². The summed E-state index contributed by atoms with van der Waals surface area (Å²) in [6, 6.07) is 7.37. The second-order valence-corrected chi connectivity index (χ2v) is 7.57. The van der Waals surface area contributed by atoms with Crippen LogP contribution in [0.25, 0.3) is 11.3 Å². The predicted octanol–water partition coefficient (Wildman–Crippen LogP) is 6.08. The van der Waals surface area contributed by atoms with Crippen molar-refractivity contribution in [3.63, 3.8) is 0 Å². The Bertz CT molecular complexity index is 953. The smallest absolute Gasteiger partial charge is 0.350 e. The number of rotatable bonds is 9. The fourth-order valence-corrected chi connectivity index (χ4v) is 3.09. The Hall–Kier alpha value is -2.60. The van der Waals surface area contributed by atoms with E-state index in [-0.39, 0.29) is 11.8 Å². The van der Waals surface area contributed by atoms with Crippen LogP contribution in [0.5, 0.6) is 5.75 Å². The van der Waals surface area contributed by atoms with Gasteiger partial charge in [0.1, 0.15) is 5.75 Å². The molecule has 170 valence electrons. The van der Waals surface area contributed by atoms with Crippen molar-refractivity contribution in [2.45, 2.75) is 67.5 Å². The van der Waals surface area contributed by atoms with Crippen LogP contribution in [-0.2, 0) is 6.54 Å². The molecular weight excluding hydrogens is 412 g/mol. The van der Waals surface area contributed by atoms with Crippen LogP contribution in [-0.4, -0.2) is 27.2 Å². The molecule has 0 aliphatic heterocycles. The molecule has 2 aromatic rings. The monoisotopic (exact) mass is 446 g/mol. The summed E-state index contributed by atoms with van der Waals surface area (Å²) in [5.41, 5.74) is 1.08. The van der Waals surface area contributed by atoms with Gasteiger partial charge in [-0.2, -0.15) is 0 Å². The van der Waals surface area contributed by atoms with Crippen LogP contribution < -0.4 is 10.4 Å². The van der Waals surface area contributed by atoms with Crippen LogP contribution >= 0.6 is 11.6 Å². The first-order valence-electron chi connectivity index (χ1n) is 10.8. The number of hydrogen-bond acceptors (Lipinski definition) is 4. The van der Waals surface area contributed by atoms with Crippen molar-refractivity contribution in [2.75, 3.05) is 0 Å². The summed E-state index contributed by atoms with van der Waals surface area (Å²) in [6.45, 7) is 17.9. The molecule has 0 fully saturated rings. The lowest BCUT2D eigenvalue weighted by Crippen LogP contribution is -2.26. The van der Waals surface area contributed by atoms with Gasteiger partial charge in [0.2, 0.25) is 0 Å². The maximum absolute atomic E-state index is 13.2. The maximum Gasteiger partial charge on any atom is 0.350 e. The lowest BCUT2D eigenvalue weighted by atomic mass is 10.1. The highest BCUT2D eigenvalue weighted by atomic mass is 35.5. The molecule has 0 bridgehead atoms. The average Bonchev–Trinajstić information content (AvgIpc) is 3.06. The first-order chi connectivity index (χ1) is 14.8. The Morgan fingerprint density at radius 3 is 2.35 bits per heavy atom. The molecule has 1 heterocycles. The van der Waals surface area contributed by atoms with E-state index < -0.39 is 0 Å². The zero-order chi connectivity index (χ0) is 23.6. The minimum absolute atomic E-state index is 0.0717. The number of allylic oxidation sites excluding steroid dienone is 3. The van der Waals surface area contributed by atoms with Gasteiger partial charge in [0, 0.05) is 18.3 Å². The van der Waals surface area contributed by atoms with Crippen LogP contribution in [0.2, 0.25) is 0 Å². The molecule has 0 aliphatic carbocycles. The van der Waals surface area contributed by atoms with E-state index in [0.29, 0.717) is 34.6 Å². The van der Waals surface area contributed by atoms with E-state index in [9.17, 15) is 4.79 Å². The summed E-state index contributed by atoms with van der Waals surface area (Å²) in [7, 11) is 0. The van der Waals surface area contributed by atoms with Gasteiger partial charge in [0.15, 0.2) is 5.82 Å². The van der Waals surface area contributed by atoms with Gasteiger partial charge < -0.3 is 4.74 Å². The van der Waals surface area contributed by atoms with E-state index in [1.54, 1.807) is 4.57 Å². The molecule has 1 aromatic heterocycles. The van der Waals surface area contributed by atoms with Crippen molar-refractivity contribution in [3.8, 4) is 11.4 Å². The number of aromatic nitrogens is 3. The minimum Gasteiger partial charge on any atom is -0.491 e. The van der Waals surface area contributed by atoms with E-state index in [1.807, 2.05) is 65.0 Å². The summed E-state index contributed by atoms with van der Waals surface area (Å²) < 4.78 is 8.77. The molecule has 2 rings (SSSR count). The maximum atomic E-state index is 13.2. The number of halogens is 1. The zero-order valence-electron chi connectivity index (χ0n) is 19.7. The Balaban J connectivity index is 0.00000233. The fraction of sp³-hybridized carbons (Fsp3) is 0.458. The minimum atomic E-state index is -0.215. The normalized spacial score (nSPS) is 12.9. The molecule has 6 nitrogen and oxygen atoms in total. The number of ether oxygens (including phenoxy) is 1. The van der Waals surface area contributed by atoms with Crippen LogP contribution in [0.4, 0.5) is 0 Å². The summed E-state index contributed by atoms with van der Waals surface area (Å²) in [5.74, 6) is 1.52. The molecule has 31 heavy (non-hydrogen) atoms. The second kappa shape index (κ2) is 13.0. The van der Waals surface area contributed by atoms with Crippen LogP contribution in [0.1, 0.15) is 60.7 Å². The highest BCUT2D eigenvalue weighted by Crippen LogP contribution is 2.27.